The van der Waals surface area contributed by atoms with Crippen LogP contribution >= 0.6 is 0 Å². The summed E-state index contributed by atoms with van der Waals surface area (Å²) < 4.78 is 2.14. The second-order valence-corrected chi connectivity index (χ2v) is 6.57. The molecule has 0 aromatic carbocycles. The van der Waals surface area contributed by atoms with Gasteiger partial charge in [-0.1, -0.05) is 13.3 Å². The second kappa shape index (κ2) is 5.25. The van der Waals surface area contributed by atoms with Gasteiger partial charge in [0.25, 0.3) is 0 Å². The van der Waals surface area contributed by atoms with Crippen molar-refractivity contribution in [2.75, 3.05) is 26.2 Å². The first-order chi connectivity index (χ1) is 9.24. The van der Waals surface area contributed by atoms with Gasteiger partial charge in [0.2, 0.25) is 0 Å². The minimum atomic E-state index is 0.623. The zero-order valence-corrected chi connectivity index (χ0v) is 12.0. The Hall–Kier alpha value is -0.870. The van der Waals surface area contributed by atoms with Crippen LogP contribution < -0.4 is 5.73 Å². The molecule has 0 radical (unpaired) electrons. The van der Waals surface area contributed by atoms with Crippen LogP contribution in [0.2, 0.25) is 0 Å². The zero-order chi connectivity index (χ0) is 13.3. The summed E-state index contributed by atoms with van der Waals surface area (Å²) in [6, 6.07) is 2.68. The Morgan fingerprint density at radius 2 is 2.21 bits per heavy atom. The van der Waals surface area contributed by atoms with Crippen LogP contribution in [0.3, 0.4) is 0 Å². The van der Waals surface area contributed by atoms with Crippen molar-refractivity contribution in [1.29, 1.82) is 0 Å². The Morgan fingerprint density at radius 3 is 2.79 bits per heavy atom. The minimum absolute atomic E-state index is 0.623. The molecule has 106 valence electrons. The molecule has 3 rings (SSSR count). The molecular formula is C15H26N4. The van der Waals surface area contributed by atoms with Crippen LogP contribution in [0.5, 0.6) is 0 Å². The molecule has 1 saturated carbocycles. The third-order valence-corrected chi connectivity index (χ3v) is 5.02. The molecule has 0 bridgehead atoms. The largest absolute Gasteiger partial charge is 0.330 e. The van der Waals surface area contributed by atoms with Gasteiger partial charge in [0.1, 0.15) is 0 Å². The fraction of sp³-hybridized carbons (Fsp3) is 0.800. The summed E-state index contributed by atoms with van der Waals surface area (Å²) in [7, 11) is 0. The first-order valence-electron chi connectivity index (χ1n) is 7.66. The van der Waals surface area contributed by atoms with Crippen molar-refractivity contribution in [2.24, 2.45) is 17.1 Å². The quantitative estimate of drug-likeness (QED) is 0.851. The van der Waals surface area contributed by atoms with Gasteiger partial charge < -0.3 is 10.6 Å². The Kier molecular flexibility index (Phi) is 3.63. The van der Waals surface area contributed by atoms with Gasteiger partial charge in [0, 0.05) is 32.0 Å². The monoisotopic (exact) mass is 262 g/mol. The molecule has 19 heavy (non-hydrogen) atoms. The summed E-state index contributed by atoms with van der Waals surface area (Å²) in [5, 5.41) is 4.36. The summed E-state index contributed by atoms with van der Waals surface area (Å²) in [6.45, 7) is 6.96. The summed E-state index contributed by atoms with van der Waals surface area (Å²) in [5.41, 5.74) is 6.30. The van der Waals surface area contributed by atoms with Crippen LogP contribution in [0.4, 0.5) is 0 Å². The van der Waals surface area contributed by atoms with E-state index in [0.717, 1.165) is 12.5 Å². The first kappa shape index (κ1) is 13.1. The molecule has 1 atom stereocenters. The summed E-state index contributed by atoms with van der Waals surface area (Å²) >= 11 is 0. The molecule has 2 fully saturated rings. The van der Waals surface area contributed by atoms with Gasteiger partial charge in [-0.05, 0) is 43.2 Å². The van der Waals surface area contributed by atoms with Crippen molar-refractivity contribution < 1.29 is 0 Å². The fourth-order valence-corrected chi connectivity index (χ4v) is 3.94. The second-order valence-electron chi connectivity index (χ2n) is 6.57. The number of nitrogens with two attached hydrogens (primary N) is 1. The van der Waals surface area contributed by atoms with Crippen molar-refractivity contribution in [3.8, 4) is 0 Å². The lowest BCUT2D eigenvalue weighted by atomic mass is 9.60. The van der Waals surface area contributed by atoms with Gasteiger partial charge in [-0.3, -0.25) is 4.68 Å². The lowest BCUT2D eigenvalue weighted by Crippen LogP contribution is -2.63. The average Bonchev–Trinajstić information content (AvgIpc) is 2.82. The lowest BCUT2D eigenvalue weighted by Gasteiger charge is -2.59. The molecule has 1 aliphatic heterocycles. The first-order valence-corrected chi connectivity index (χ1v) is 7.66. The van der Waals surface area contributed by atoms with E-state index in [-0.39, 0.29) is 0 Å². The summed E-state index contributed by atoms with van der Waals surface area (Å²) in [6.07, 6.45) is 9.06. The number of likely N-dealkylation sites (tertiary alicyclic amines) is 1. The van der Waals surface area contributed by atoms with Gasteiger partial charge in [0.15, 0.2) is 0 Å². The number of aromatic nitrogens is 2. The van der Waals surface area contributed by atoms with Gasteiger partial charge in [-0.2, -0.15) is 5.10 Å². The molecule has 1 aromatic rings. The van der Waals surface area contributed by atoms with Gasteiger partial charge in [-0.15, -0.1) is 0 Å². The van der Waals surface area contributed by atoms with Crippen LogP contribution in [0, 0.1) is 11.3 Å². The molecule has 1 spiro atoms. The molecule has 2 heterocycles. The van der Waals surface area contributed by atoms with E-state index in [1.54, 1.807) is 0 Å². The summed E-state index contributed by atoms with van der Waals surface area (Å²) in [5.74, 6) is 0.796. The molecule has 2 aliphatic rings. The van der Waals surface area contributed by atoms with E-state index < -0.39 is 0 Å². The highest BCUT2D eigenvalue weighted by molar-refractivity contribution is 5.06. The molecule has 4 heteroatoms. The van der Waals surface area contributed by atoms with Crippen LogP contribution in [-0.4, -0.2) is 40.9 Å². The molecular weight excluding hydrogens is 236 g/mol. The SMILES string of the molecule is CCC(CCN)CN1CC2(CC(n3cccn3)C2)C1. The Bertz CT molecular complexity index is 386. The van der Waals surface area contributed by atoms with Crippen molar-refractivity contribution >= 4 is 0 Å². The lowest BCUT2D eigenvalue weighted by molar-refractivity contribution is -0.0968. The molecule has 4 nitrogen and oxygen atoms in total. The maximum atomic E-state index is 5.67. The smallest absolute Gasteiger partial charge is 0.0531 e. The predicted molar refractivity (Wildman–Crippen MR) is 76.8 cm³/mol. The fourth-order valence-electron chi connectivity index (χ4n) is 3.94. The van der Waals surface area contributed by atoms with Crippen LogP contribution in [-0.2, 0) is 0 Å². The highest BCUT2D eigenvalue weighted by atomic mass is 15.3. The molecule has 1 unspecified atom stereocenters. The van der Waals surface area contributed by atoms with Crippen molar-refractivity contribution in [3.63, 3.8) is 0 Å². The molecule has 2 N–H and O–H groups in total. The zero-order valence-electron chi connectivity index (χ0n) is 12.0. The van der Waals surface area contributed by atoms with E-state index >= 15 is 0 Å². The molecule has 0 amide bonds. The molecule has 1 aromatic heterocycles. The van der Waals surface area contributed by atoms with E-state index in [9.17, 15) is 0 Å². The van der Waals surface area contributed by atoms with Gasteiger partial charge in [0.05, 0.1) is 6.04 Å². The Morgan fingerprint density at radius 1 is 1.42 bits per heavy atom. The van der Waals surface area contributed by atoms with E-state index in [0.29, 0.717) is 11.5 Å². The van der Waals surface area contributed by atoms with Crippen molar-refractivity contribution in [1.82, 2.24) is 14.7 Å². The van der Waals surface area contributed by atoms with Crippen molar-refractivity contribution in [2.45, 2.75) is 38.6 Å². The normalized spacial score (nSPS) is 24.1. The van der Waals surface area contributed by atoms with Crippen molar-refractivity contribution in [3.05, 3.63) is 18.5 Å². The predicted octanol–water partition coefficient (Wildman–Crippen LogP) is 1.89. The highest BCUT2D eigenvalue weighted by Gasteiger charge is 2.52. The van der Waals surface area contributed by atoms with Gasteiger partial charge in [-0.25, -0.2) is 0 Å². The maximum Gasteiger partial charge on any atom is 0.0531 e. The van der Waals surface area contributed by atoms with Crippen LogP contribution in [0.15, 0.2) is 18.5 Å². The Labute approximate surface area is 116 Å². The third kappa shape index (κ3) is 2.56. The number of nitrogens with zero attached hydrogens (tertiary/aromatic N) is 3. The minimum Gasteiger partial charge on any atom is -0.330 e. The topological polar surface area (TPSA) is 47.1 Å². The van der Waals surface area contributed by atoms with Crippen LogP contribution in [0.25, 0.3) is 0 Å². The third-order valence-electron chi connectivity index (χ3n) is 5.02. The molecule has 1 saturated heterocycles. The number of hydrogen-bond donors (Lipinski definition) is 1. The van der Waals surface area contributed by atoms with E-state index in [4.69, 9.17) is 5.73 Å². The molecule has 1 aliphatic carbocycles. The van der Waals surface area contributed by atoms with Gasteiger partial charge >= 0.3 is 0 Å². The van der Waals surface area contributed by atoms with Crippen LogP contribution in [0.1, 0.15) is 38.6 Å². The Balaban J connectivity index is 1.42. The van der Waals surface area contributed by atoms with E-state index in [2.05, 4.69) is 27.8 Å². The number of rotatable bonds is 6. The van der Waals surface area contributed by atoms with E-state index in [1.807, 2.05) is 12.3 Å². The standard InChI is InChI=1S/C15H26N4/c1-2-13(4-5-16)10-18-11-15(12-18)8-14(9-15)19-7-3-6-17-19/h3,6-7,13-14H,2,4-5,8-12,16H2,1H3. The number of hydrogen-bond acceptors (Lipinski definition) is 3. The summed E-state index contributed by atoms with van der Waals surface area (Å²) in [4.78, 5) is 2.63. The maximum absolute atomic E-state index is 5.67. The average molecular weight is 262 g/mol. The van der Waals surface area contributed by atoms with E-state index in [1.165, 1.54) is 45.3 Å². The highest BCUT2D eigenvalue weighted by Crippen LogP contribution is 2.53.